The Labute approximate surface area is 165 Å². The average molecular weight is 428 g/mol. The third-order valence-corrected chi connectivity index (χ3v) is 6.83. The molecule has 2 aliphatic rings. The minimum Gasteiger partial charge on any atom is -0.357 e. The molecule has 2 fully saturated rings. The first kappa shape index (κ1) is 23.2. The van der Waals surface area contributed by atoms with Crippen molar-refractivity contribution in [2.24, 2.45) is 10.9 Å². The van der Waals surface area contributed by atoms with E-state index in [-0.39, 0.29) is 19.1 Å². The first-order chi connectivity index (χ1) is 13.1. The molecule has 0 amide bonds. The summed E-state index contributed by atoms with van der Waals surface area (Å²) in [6.07, 6.45) is 3.10. The molecule has 0 spiro atoms. The Morgan fingerprint density at radius 2 is 1.86 bits per heavy atom. The van der Waals surface area contributed by atoms with Crippen molar-refractivity contribution >= 4 is 16.0 Å². The number of aliphatic imine (C=N–C) groups is 1. The Balaban J connectivity index is 1.82. The van der Waals surface area contributed by atoms with Gasteiger partial charge in [-0.2, -0.15) is 17.5 Å². The van der Waals surface area contributed by atoms with Crippen molar-refractivity contribution in [2.45, 2.75) is 51.1 Å². The summed E-state index contributed by atoms with van der Waals surface area (Å²) in [5.41, 5.74) is -5.24. The van der Waals surface area contributed by atoms with Gasteiger partial charge in [-0.1, -0.05) is 6.92 Å². The minimum absolute atomic E-state index is 0.104. The van der Waals surface area contributed by atoms with Crippen molar-refractivity contribution in [2.75, 3.05) is 45.8 Å². The largest absolute Gasteiger partial charge is 0.511 e. The van der Waals surface area contributed by atoms with Crippen LogP contribution >= 0.6 is 0 Å². The highest BCUT2D eigenvalue weighted by atomic mass is 32.2. The van der Waals surface area contributed by atoms with Crippen LogP contribution in [0.3, 0.4) is 0 Å². The summed E-state index contributed by atoms with van der Waals surface area (Å²) in [5.74, 6) is 1.34. The van der Waals surface area contributed by atoms with Crippen LogP contribution in [-0.2, 0) is 10.0 Å². The first-order valence-electron chi connectivity index (χ1n) is 9.97. The average Bonchev–Trinajstić information content (AvgIpc) is 2.61. The fourth-order valence-electron chi connectivity index (χ4n) is 3.69. The van der Waals surface area contributed by atoms with Gasteiger partial charge in [0.2, 0.25) is 0 Å². The molecule has 1 atom stereocenters. The number of sulfonamides is 1. The molecule has 28 heavy (non-hydrogen) atoms. The molecule has 0 aromatic carbocycles. The van der Waals surface area contributed by atoms with Gasteiger partial charge in [-0.15, -0.1) is 0 Å². The highest BCUT2D eigenvalue weighted by Gasteiger charge is 2.50. The van der Waals surface area contributed by atoms with E-state index in [2.05, 4.69) is 27.4 Å². The molecule has 2 N–H and O–H groups in total. The fourth-order valence-corrected chi connectivity index (χ4v) is 4.68. The number of nitrogens with zero attached hydrogens (tertiary/aromatic N) is 3. The van der Waals surface area contributed by atoms with Crippen LogP contribution < -0.4 is 10.6 Å². The topological polar surface area (TPSA) is 77.0 Å². The SMILES string of the molecule is CCNC(=NCCN1CCCC(C)C1)NC1CCN(S(=O)(=O)C(F)(F)F)CC1. The molecule has 0 aliphatic carbocycles. The van der Waals surface area contributed by atoms with Crippen LogP contribution in [0.4, 0.5) is 13.2 Å². The van der Waals surface area contributed by atoms with Crippen LogP contribution in [0.5, 0.6) is 0 Å². The molecule has 0 radical (unpaired) electrons. The number of rotatable bonds is 6. The number of halogens is 3. The molecule has 0 bridgehead atoms. The lowest BCUT2D eigenvalue weighted by Crippen LogP contribution is -2.51. The molecule has 2 saturated heterocycles. The van der Waals surface area contributed by atoms with E-state index in [0.29, 0.717) is 42.1 Å². The quantitative estimate of drug-likeness (QED) is 0.497. The molecule has 2 heterocycles. The molecule has 164 valence electrons. The Hall–Kier alpha value is -1.07. The van der Waals surface area contributed by atoms with Crippen molar-refractivity contribution in [3.63, 3.8) is 0 Å². The lowest BCUT2D eigenvalue weighted by Gasteiger charge is -2.32. The lowest BCUT2D eigenvalue weighted by molar-refractivity contribution is -0.0494. The smallest absolute Gasteiger partial charge is 0.357 e. The fraction of sp³-hybridized carbons (Fsp3) is 0.941. The minimum atomic E-state index is -5.24. The van der Waals surface area contributed by atoms with Crippen molar-refractivity contribution in [1.29, 1.82) is 0 Å². The van der Waals surface area contributed by atoms with Gasteiger partial charge >= 0.3 is 15.5 Å². The van der Waals surface area contributed by atoms with E-state index >= 15 is 0 Å². The molecule has 11 heteroatoms. The van der Waals surface area contributed by atoms with Gasteiger partial charge in [-0.3, -0.25) is 4.99 Å². The normalized spacial score (nSPS) is 24.3. The predicted octanol–water partition coefficient (Wildman–Crippen LogP) is 1.59. The lowest BCUT2D eigenvalue weighted by atomic mass is 10.0. The molecular formula is C17H32F3N5O2S. The highest BCUT2D eigenvalue weighted by Crippen LogP contribution is 2.28. The van der Waals surface area contributed by atoms with Gasteiger partial charge in [0.15, 0.2) is 5.96 Å². The Bertz CT molecular complexity index is 619. The summed E-state index contributed by atoms with van der Waals surface area (Å²) in [6.45, 7) is 8.28. The first-order valence-corrected chi connectivity index (χ1v) is 11.4. The summed E-state index contributed by atoms with van der Waals surface area (Å²) in [7, 11) is -5.24. The molecule has 2 rings (SSSR count). The Kier molecular flexibility index (Phi) is 8.38. The summed E-state index contributed by atoms with van der Waals surface area (Å²) in [6, 6.07) is -0.104. The second-order valence-electron chi connectivity index (χ2n) is 7.58. The molecule has 0 aromatic rings. The summed E-state index contributed by atoms with van der Waals surface area (Å²) < 4.78 is 61.5. The van der Waals surface area contributed by atoms with Crippen molar-refractivity contribution < 1.29 is 21.6 Å². The molecule has 7 nitrogen and oxygen atoms in total. The van der Waals surface area contributed by atoms with Crippen molar-refractivity contribution in [1.82, 2.24) is 19.8 Å². The Morgan fingerprint density at radius 1 is 1.18 bits per heavy atom. The summed E-state index contributed by atoms with van der Waals surface area (Å²) in [4.78, 5) is 6.98. The van der Waals surface area contributed by atoms with E-state index in [4.69, 9.17) is 0 Å². The maximum atomic E-state index is 12.7. The van der Waals surface area contributed by atoms with Gasteiger partial charge in [-0.25, -0.2) is 8.42 Å². The van der Waals surface area contributed by atoms with Crippen LogP contribution in [-0.4, -0.2) is 80.9 Å². The van der Waals surface area contributed by atoms with E-state index in [0.717, 1.165) is 19.6 Å². The monoisotopic (exact) mass is 427 g/mol. The van der Waals surface area contributed by atoms with E-state index in [1.807, 2.05) is 6.92 Å². The van der Waals surface area contributed by atoms with E-state index in [9.17, 15) is 21.6 Å². The predicted molar refractivity (Wildman–Crippen MR) is 104 cm³/mol. The van der Waals surface area contributed by atoms with E-state index in [1.165, 1.54) is 12.8 Å². The van der Waals surface area contributed by atoms with Crippen molar-refractivity contribution in [3.8, 4) is 0 Å². The number of nitrogens with one attached hydrogen (secondary N) is 2. The third kappa shape index (κ3) is 6.48. The number of likely N-dealkylation sites (tertiary alicyclic amines) is 1. The highest BCUT2D eigenvalue weighted by molar-refractivity contribution is 7.90. The van der Waals surface area contributed by atoms with Gasteiger partial charge in [0.25, 0.3) is 0 Å². The maximum absolute atomic E-state index is 12.7. The standard InChI is InChI=1S/C17H32F3N5O2S/c1-3-21-16(22-8-12-24-9-4-5-14(2)13-24)23-15-6-10-25(11-7-15)28(26,27)17(18,19)20/h14-15H,3-13H2,1-2H3,(H2,21,22,23). The summed E-state index contributed by atoms with van der Waals surface area (Å²) in [5, 5.41) is 6.38. The van der Waals surface area contributed by atoms with Gasteiger partial charge in [0, 0.05) is 38.8 Å². The van der Waals surface area contributed by atoms with Gasteiger partial charge in [0.1, 0.15) is 0 Å². The molecule has 1 unspecified atom stereocenters. The van der Waals surface area contributed by atoms with Crippen molar-refractivity contribution in [3.05, 3.63) is 0 Å². The number of hydrogen-bond donors (Lipinski definition) is 2. The molecule has 0 saturated carbocycles. The second kappa shape index (κ2) is 10.1. The zero-order chi connectivity index (χ0) is 20.8. The number of hydrogen-bond acceptors (Lipinski definition) is 4. The molecular weight excluding hydrogens is 395 g/mol. The number of guanidine groups is 1. The van der Waals surface area contributed by atoms with Crippen LogP contribution in [0.2, 0.25) is 0 Å². The number of piperidine rings is 2. The Morgan fingerprint density at radius 3 is 2.43 bits per heavy atom. The molecule has 0 aromatic heterocycles. The zero-order valence-corrected chi connectivity index (χ0v) is 17.4. The van der Waals surface area contributed by atoms with Crippen LogP contribution in [0, 0.1) is 5.92 Å². The van der Waals surface area contributed by atoms with Crippen LogP contribution in [0.15, 0.2) is 4.99 Å². The van der Waals surface area contributed by atoms with Crippen LogP contribution in [0.1, 0.15) is 39.5 Å². The maximum Gasteiger partial charge on any atom is 0.511 e. The second-order valence-corrected chi connectivity index (χ2v) is 9.51. The van der Waals surface area contributed by atoms with Gasteiger partial charge in [0.05, 0.1) is 6.54 Å². The third-order valence-electron chi connectivity index (χ3n) is 5.20. The summed E-state index contributed by atoms with van der Waals surface area (Å²) >= 11 is 0. The van der Waals surface area contributed by atoms with E-state index < -0.39 is 15.5 Å². The van der Waals surface area contributed by atoms with Crippen LogP contribution in [0.25, 0.3) is 0 Å². The molecule has 2 aliphatic heterocycles. The van der Waals surface area contributed by atoms with Gasteiger partial charge in [-0.05, 0) is 45.1 Å². The number of alkyl halides is 3. The van der Waals surface area contributed by atoms with E-state index in [1.54, 1.807) is 0 Å². The zero-order valence-electron chi connectivity index (χ0n) is 16.6. The van der Waals surface area contributed by atoms with Gasteiger partial charge < -0.3 is 15.5 Å².